The number of rotatable bonds is 3. The average Bonchev–Trinajstić information content (AvgIpc) is 3.17. The smallest absolute Gasteiger partial charge is 0.262 e. The van der Waals surface area contributed by atoms with Gasteiger partial charge in [-0.2, -0.15) is 0 Å². The SMILES string of the molecule is Cc1ccc2c(c1)c(=O)n(C)c1nnc(CN3CCN(c4ccc(Cl)cn4)CC3)n21. The van der Waals surface area contributed by atoms with Crippen molar-refractivity contribution in [3.8, 4) is 0 Å². The molecule has 0 saturated carbocycles. The topological polar surface area (TPSA) is 71.6 Å². The second kappa shape index (κ2) is 7.37. The minimum Gasteiger partial charge on any atom is -0.354 e. The van der Waals surface area contributed by atoms with Crippen molar-refractivity contribution in [2.24, 2.45) is 7.05 Å². The van der Waals surface area contributed by atoms with Gasteiger partial charge in [0.2, 0.25) is 5.78 Å². The van der Waals surface area contributed by atoms with Crippen molar-refractivity contribution in [2.45, 2.75) is 13.5 Å². The zero-order chi connectivity index (χ0) is 20.8. The molecule has 5 rings (SSSR count). The summed E-state index contributed by atoms with van der Waals surface area (Å²) in [7, 11) is 1.75. The molecule has 0 radical (unpaired) electrons. The summed E-state index contributed by atoms with van der Waals surface area (Å²) < 4.78 is 3.58. The molecular weight excluding hydrogens is 402 g/mol. The Bertz CT molecular complexity index is 1290. The predicted molar refractivity (Wildman–Crippen MR) is 117 cm³/mol. The first-order chi connectivity index (χ1) is 14.5. The summed E-state index contributed by atoms with van der Waals surface area (Å²) in [5.41, 5.74) is 1.85. The number of aryl methyl sites for hydroxylation is 2. The highest BCUT2D eigenvalue weighted by molar-refractivity contribution is 6.30. The molecular formula is C21H22ClN7O. The molecule has 8 nitrogen and oxygen atoms in total. The third-order valence-electron chi connectivity index (χ3n) is 5.71. The van der Waals surface area contributed by atoms with Crippen LogP contribution in [-0.2, 0) is 13.6 Å². The Morgan fingerprint density at radius 3 is 2.60 bits per heavy atom. The number of halogens is 1. The molecule has 9 heteroatoms. The first kappa shape index (κ1) is 19.0. The maximum atomic E-state index is 12.7. The van der Waals surface area contributed by atoms with E-state index < -0.39 is 0 Å². The van der Waals surface area contributed by atoms with E-state index in [1.54, 1.807) is 17.8 Å². The first-order valence-corrected chi connectivity index (χ1v) is 10.3. The van der Waals surface area contributed by atoms with Gasteiger partial charge in [0.05, 0.1) is 22.5 Å². The second-order valence-electron chi connectivity index (χ2n) is 7.73. The van der Waals surface area contributed by atoms with E-state index in [0.717, 1.165) is 48.9 Å². The summed E-state index contributed by atoms with van der Waals surface area (Å²) in [6, 6.07) is 9.76. The molecule has 0 N–H and O–H groups in total. The van der Waals surface area contributed by atoms with Gasteiger partial charge in [-0.3, -0.25) is 18.7 Å². The number of pyridine rings is 1. The first-order valence-electron chi connectivity index (χ1n) is 9.93. The largest absolute Gasteiger partial charge is 0.354 e. The van der Waals surface area contributed by atoms with Crippen LogP contribution in [-0.4, -0.2) is 55.2 Å². The molecule has 4 aromatic rings. The summed E-state index contributed by atoms with van der Waals surface area (Å²) in [4.78, 5) is 21.8. The third-order valence-corrected chi connectivity index (χ3v) is 5.94. The number of benzene rings is 1. The van der Waals surface area contributed by atoms with Gasteiger partial charge in [-0.05, 0) is 31.2 Å². The van der Waals surface area contributed by atoms with Gasteiger partial charge in [0.25, 0.3) is 5.56 Å². The predicted octanol–water partition coefficient (Wildman–Crippen LogP) is 2.26. The van der Waals surface area contributed by atoms with Crippen LogP contribution in [0.3, 0.4) is 0 Å². The van der Waals surface area contributed by atoms with E-state index in [4.69, 9.17) is 11.6 Å². The highest BCUT2D eigenvalue weighted by Gasteiger charge is 2.21. The van der Waals surface area contributed by atoms with Crippen LogP contribution in [0.5, 0.6) is 0 Å². The van der Waals surface area contributed by atoms with Crippen molar-refractivity contribution in [1.82, 2.24) is 29.0 Å². The fraction of sp³-hybridized carbons (Fsp3) is 0.333. The molecule has 0 spiro atoms. The molecule has 0 aliphatic carbocycles. The minimum atomic E-state index is -0.0516. The van der Waals surface area contributed by atoms with Gasteiger partial charge in [0.15, 0.2) is 5.82 Å². The number of piperazine rings is 1. The van der Waals surface area contributed by atoms with Gasteiger partial charge >= 0.3 is 0 Å². The molecule has 1 aliphatic rings. The van der Waals surface area contributed by atoms with Crippen LogP contribution in [0, 0.1) is 6.92 Å². The molecule has 1 saturated heterocycles. The Morgan fingerprint density at radius 2 is 1.87 bits per heavy atom. The van der Waals surface area contributed by atoms with E-state index >= 15 is 0 Å². The Balaban J connectivity index is 1.42. The van der Waals surface area contributed by atoms with Crippen LogP contribution >= 0.6 is 11.6 Å². The van der Waals surface area contributed by atoms with E-state index in [9.17, 15) is 4.79 Å². The van der Waals surface area contributed by atoms with Gasteiger partial charge in [0, 0.05) is 39.4 Å². The highest BCUT2D eigenvalue weighted by atomic mass is 35.5. The molecule has 30 heavy (non-hydrogen) atoms. The molecule has 3 aromatic heterocycles. The van der Waals surface area contributed by atoms with Gasteiger partial charge < -0.3 is 4.90 Å². The normalized spacial score (nSPS) is 15.4. The lowest BCUT2D eigenvalue weighted by molar-refractivity contribution is 0.243. The maximum Gasteiger partial charge on any atom is 0.262 e. The van der Waals surface area contributed by atoms with Crippen LogP contribution in [0.25, 0.3) is 16.7 Å². The number of hydrogen-bond donors (Lipinski definition) is 0. The van der Waals surface area contributed by atoms with Crippen LogP contribution in [0.2, 0.25) is 5.02 Å². The van der Waals surface area contributed by atoms with Gasteiger partial charge in [-0.15, -0.1) is 10.2 Å². The molecule has 0 unspecified atom stereocenters. The quantitative estimate of drug-likeness (QED) is 0.503. The molecule has 1 fully saturated rings. The van der Waals surface area contributed by atoms with Gasteiger partial charge in [-0.25, -0.2) is 4.98 Å². The zero-order valence-corrected chi connectivity index (χ0v) is 17.7. The Kier molecular flexibility index (Phi) is 4.67. The lowest BCUT2D eigenvalue weighted by Crippen LogP contribution is -2.46. The standard InChI is InChI=1S/C21H22ClN7O/c1-14-3-5-17-16(11-14)20(30)26(2)21-25-24-19(29(17)21)13-27-7-9-28(10-8-27)18-6-4-15(22)12-23-18/h3-6,11-12H,7-10,13H2,1-2H3. The molecule has 1 aliphatic heterocycles. The summed E-state index contributed by atoms with van der Waals surface area (Å²) in [6.07, 6.45) is 1.68. The number of hydrogen-bond acceptors (Lipinski definition) is 6. The van der Waals surface area contributed by atoms with Gasteiger partial charge in [-0.1, -0.05) is 23.2 Å². The van der Waals surface area contributed by atoms with Crippen molar-refractivity contribution < 1.29 is 0 Å². The summed E-state index contributed by atoms with van der Waals surface area (Å²) in [5.74, 6) is 2.35. The van der Waals surface area contributed by atoms with Gasteiger partial charge in [0.1, 0.15) is 5.82 Å². The van der Waals surface area contributed by atoms with E-state index in [1.807, 2.05) is 41.7 Å². The molecule has 4 heterocycles. The minimum absolute atomic E-state index is 0.0516. The summed E-state index contributed by atoms with van der Waals surface area (Å²) in [6.45, 7) is 6.20. The summed E-state index contributed by atoms with van der Waals surface area (Å²) >= 11 is 5.95. The Hall–Kier alpha value is -2.97. The number of nitrogens with zero attached hydrogens (tertiary/aromatic N) is 7. The van der Waals surface area contributed by atoms with Crippen LogP contribution < -0.4 is 10.5 Å². The lowest BCUT2D eigenvalue weighted by atomic mass is 10.1. The van der Waals surface area contributed by atoms with Crippen molar-refractivity contribution in [3.05, 3.63) is 63.3 Å². The number of aromatic nitrogens is 5. The second-order valence-corrected chi connectivity index (χ2v) is 8.17. The molecule has 154 valence electrons. The van der Waals surface area contributed by atoms with E-state index in [1.165, 1.54) is 0 Å². The average molecular weight is 424 g/mol. The van der Waals surface area contributed by atoms with Crippen LogP contribution in [0.4, 0.5) is 5.82 Å². The highest BCUT2D eigenvalue weighted by Crippen LogP contribution is 2.19. The van der Waals surface area contributed by atoms with Crippen molar-refractivity contribution in [3.63, 3.8) is 0 Å². The van der Waals surface area contributed by atoms with Crippen LogP contribution in [0.1, 0.15) is 11.4 Å². The molecule has 0 amide bonds. The third kappa shape index (κ3) is 3.22. The van der Waals surface area contributed by atoms with Crippen molar-refractivity contribution in [1.29, 1.82) is 0 Å². The fourth-order valence-electron chi connectivity index (χ4n) is 4.05. The number of anilines is 1. The van der Waals surface area contributed by atoms with Crippen LogP contribution in [0.15, 0.2) is 41.3 Å². The molecule has 1 aromatic carbocycles. The fourth-order valence-corrected chi connectivity index (χ4v) is 4.16. The zero-order valence-electron chi connectivity index (χ0n) is 16.9. The Morgan fingerprint density at radius 1 is 1.07 bits per heavy atom. The van der Waals surface area contributed by atoms with Crippen molar-refractivity contribution >= 4 is 34.1 Å². The monoisotopic (exact) mass is 423 g/mol. The molecule has 0 atom stereocenters. The Labute approximate surface area is 178 Å². The van der Waals surface area contributed by atoms with Crippen molar-refractivity contribution in [2.75, 3.05) is 31.1 Å². The summed E-state index contributed by atoms with van der Waals surface area (Å²) in [5, 5.41) is 10.1. The maximum absolute atomic E-state index is 12.7. The van der Waals surface area contributed by atoms with E-state index in [-0.39, 0.29) is 5.56 Å². The molecule has 0 bridgehead atoms. The number of fused-ring (bicyclic) bond motifs is 3. The van der Waals surface area contributed by atoms with E-state index in [2.05, 4.69) is 25.0 Å². The van der Waals surface area contributed by atoms with E-state index in [0.29, 0.717) is 22.7 Å². The lowest BCUT2D eigenvalue weighted by Gasteiger charge is -2.35.